The highest BCUT2D eigenvalue weighted by atomic mass is 16.5. The molecule has 0 aromatic rings. The van der Waals surface area contributed by atoms with Crippen LogP contribution in [0.15, 0.2) is 0 Å². The van der Waals surface area contributed by atoms with Gasteiger partial charge < -0.3 is 14.8 Å². The number of ether oxygens (including phenoxy) is 2. The summed E-state index contributed by atoms with van der Waals surface area (Å²) in [7, 11) is 0. The third kappa shape index (κ3) is 7.31. The number of likely N-dealkylation sites (N-methyl/N-ethyl adjacent to an activating group) is 1. The molecule has 0 aromatic heterocycles. The van der Waals surface area contributed by atoms with Crippen molar-refractivity contribution in [2.45, 2.75) is 45.8 Å². The lowest BCUT2D eigenvalue weighted by atomic mass is 10.2. The summed E-state index contributed by atoms with van der Waals surface area (Å²) in [6, 6.07) is 0. The molecule has 18 heavy (non-hydrogen) atoms. The van der Waals surface area contributed by atoms with Crippen LogP contribution in [-0.4, -0.2) is 63.0 Å². The molecule has 0 spiro atoms. The Morgan fingerprint density at radius 2 is 2.22 bits per heavy atom. The molecule has 1 N–H and O–H groups in total. The Labute approximate surface area is 112 Å². The number of nitrogens with zero attached hydrogens (tertiary/aromatic N) is 1. The summed E-state index contributed by atoms with van der Waals surface area (Å²) in [5.41, 5.74) is 0. The molecule has 108 valence electrons. The maximum absolute atomic E-state index is 5.74. The zero-order valence-corrected chi connectivity index (χ0v) is 12.3. The number of hydrogen-bond acceptors (Lipinski definition) is 4. The number of nitrogens with one attached hydrogen (secondary N) is 1. The standard InChI is InChI=1S/C14H30N2O2/c1-4-16-8-10-18-14(12-16)11-15-7-5-6-9-17-13(2)3/h13-15H,4-12H2,1-3H3. The van der Waals surface area contributed by atoms with E-state index in [1.54, 1.807) is 0 Å². The van der Waals surface area contributed by atoms with Crippen LogP contribution < -0.4 is 5.32 Å². The largest absolute Gasteiger partial charge is 0.379 e. The van der Waals surface area contributed by atoms with Crippen LogP contribution in [0.3, 0.4) is 0 Å². The summed E-state index contributed by atoms with van der Waals surface area (Å²) in [6.45, 7) is 13.5. The summed E-state index contributed by atoms with van der Waals surface area (Å²) < 4.78 is 11.2. The van der Waals surface area contributed by atoms with Gasteiger partial charge in [0.15, 0.2) is 0 Å². The third-order valence-corrected chi connectivity index (χ3v) is 3.24. The van der Waals surface area contributed by atoms with Gasteiger partial charge in [-0.1, -0.05) is 6.92 Å². The lowest BCUT2D eigenvalue weighted by Crippen LogP contribution is -2.46. The molecular weight excluding hydrogens is 228 g/mol. The van der Waals surface area contributed by atoms with Crippen molar-refractivity contribution in [1.82, 2.24) is 10.2 Å². The van der Waals surface area contributed by atoms with Crippen molar-refractivity contribution in [2.75, 3.05) is 45.9 Å². The number of morpholine rings is 1. The average Bonchev–Trinajstić information content (AvgIpc) is 2.37. The van der Waals surface area contributed by atoms with Crippen LogP contribution in [0.5, 0.6) is 0 Å². The molecule has 1 aliphatic rings. The van der Waals surface area contributed by atoms with E-state index in [1.165, 1.54) is 6.42 Å². The van der Waals surface area contributed by atoms with Gasteiger partial charge in [0.1, 0.15) is 0 Å². The number of rotatable bonds is 9. The van der Waals surface area contributed by atoms with Crippen LogP contribution in [0, 0.1) is 0 Å². The van der Waals surface area contributed by atoms with Gasteiger partial charge in [0.2, 0.25) is 0 Å². The number of hydrogen-bond donors (Lipinski definition) is 1. The summed E-state index contributed by atoms with van der Waals surface area (Å²) in [6.07, 6.45) is 3.04. The first kappa shape index (κ1) is 15.9. The predicted octanol–water partition coefficient (Wildman–Crippen LogP) is 1.50. The average molecular weight is 258 g/mol. The van der Waals surface area contributed by atoms with Crippen molar-refractivity contribution < 1.29 is 9.47 Å². The zero-order chi connectivity index (χ0) is 13.2. The van der Waals surface area contributed by atoms with Gasteiger partial charge in [-0.3, -0.25) is 4.90 Å². The van der Waals surface area contributed by atoms with Gasteiger partial charge in [0.05, 0.1) is 18.8 Å². The van der Waals surface area contributed by atoms with E-state index in [4.69, 9.17) is 9.47 Å². The van der Waals surface area contributed by atoms with Crippen molar-refractivity contribution >= 4 is 0 Å². The molecule has 1 aliphatic heterocycles. The molecule has 0 aliphatic carbocycles. The highest BCUT2D eigenvalue weighted by molar-refractivity contribution is 4.72. The molecule has 1 fully saturated rings. The highest BCUT2D eigenvalue weighted by Crippen LogP contribution is 2.03. The SMILES string of the molecule is CCN1CCOC(CNCCCCOC(C)C)C1. The summed E-state index contributed by atoms with van der Waals surface area (Å²) >= 11 is 0. The van der Waals surface area contributed by atoms with Crippen LogP contribution >= 0.6 is 0 Å². The maximum Gasteiger partial charge on any atom is 0.0826 e. The first-order chi connectivity index (χ1) is 8.72. The summed E-state index contributed by atoms with van der Waals surface area (Å²) in [5.74, 6) is 0. The molecule has 0 bridgehead atoms. The minimum Gasteiger partial charge on any atom is -0.379 e. The van der Waals surface area contributed by atoms with Crippen molar-refractivity contribution in [2.24, 2.45) is 0 Å². The molecular formula is C14H30N2O2. The molecule has 0 saturated carbocycles. The highest BCUT2D eigenvalue weighted by Gasteiger charge is 2.18. The fraction of sp³-hybridized carbons (Fsp3) is 1.00. The van der Waals surface area contributed by atoms with E-state index >= 15 is 0 Å². The van der Waals surface area contributed by atoms with E-state index < -0.39 is 0 Å². The normalized spacial score (nSPS) is 21.7. The van der Waals surface area contributed by atoms with E-state index in [2.05, 4.69) is 31.0 Å². The van der Waals surface area contributed by atoms with E-state index in [1.807, 2.05) is 0 Å². The maximum atomic E-state index is 5.74. The van der Waals surface area contributed by atoms with Crippen LogP contribution in [-0.2, 0) is 9.47 Å². The Balaban J connectivity index is 1.91. The Bertz CT molecular complexity index is 200. The molecule has 4 nitrogen and oxygen atoms in total. The number of unbranched alkanes of at least 4 members (excludes halogenated alkanes) is 1. The van der Waals surface area contributed by atoms with Crippen molar-refractivity contribution in [3.8, 4) is 0 Å². The first-order valence-corrected chi connectivity index (χ1v) is 7.38. The lowest BCUT2D eigenvalue weighted by Gasteiger charge is -2.32. The molecule has 4 heteroatoms. The van der Waals surface area contributed by atoms with E-state index in [0.29, 0.717) is 12.2 Å². The van der Waals surface area contributed by atoms with E-state index in [-0.39, 0.29) is 0 Å². The van der Waals surface area contributed by atoms with Gasteiger partial charge in [0.25, 0.3) is 0 Å². The van der Waals surface area contributed by atoms with Gasteiger partial charge in [-0.25, -0.2) is 0 Å². The zero-order valence-electron chi connectivity index (χ0n) is 12.3. The second kappa shape index (κ2) is 9.73. The van der Waals surface area contributed by atoms with E-state index in [0.717, 1.165) is 52.4 Å². The van der Waals surface area contributed by atoms with Gasteiger partial charge >= 0.3 is 0 Å². The monoisotopic (exact) mass is 258 g/mol. The van der Waals surface area contributed by atoms with Gasteiger partial charge in [-0.15, -0.1) is 0 Å². The minimum atomic E-state index is 0.355. The smallest absolute Gasteiger partial charge is 0.0826 e. The van der Waals surface area contributed by atoms with E-state index in [9.17, 15) is 0 Å². The van der Waals surface area contributed by atoms with Crippen molar-refractivity contribution in [3.05, 3.63) is 0 Å². The predicted molar refractivity (Wildman–Crippen MR) is 75.0 cm³/mol. The fourth-order valence-electron chi connectivity index (χ4n) is 2.13. The summed E-state index contributed by atoms with van der Waals surface area (Å²) in [4.78, 5) is 2.45. The van der Waals surface area contributed by atoms with Gasteiger partial charge in [-0.2, -0.15) is 0 Å². The third-order valence-electron chi connectivity index (χ3n) is 3.24. The quantitative estimate of drug-likeness (QED) is 0.636. The Hall–Kier alpha value is -0.160. The molecule has 0 amide bonds. The molecule has 1 rings (SSSR count). The molecule has 1 saturated heterocycles. The second-order valence-electron chi connectivity index (χ2n) is 5.22. The molecule has 1 heterocycles. The first-order valence-electron chi connectivity index (χ1n) is 7.38. The van der Waals surface area contributed by atoms with Crippen molar-refractivity contribution in [3.63, 3.8) is 0 Å². The Kier molecular flexibility index (Phi) is 8.59. The van der Waals surface area contributed by atoms with Gasteiger partial charge in [-0.05, 0) is 39.8 Å². The van der Waals surface area contributed by atoms with Crippen LogP contribution in [0.4, 0.5) is 0 Å². The topological polar surface area (TPSA) is 33.7 Å². The second-order valence-corrected chi connectivity index (χ2v) is 5.22. The van der Waals surface area contributed by atoms with Gasteiger partial charge in [0, 0.05) is 26.2 Å². The molecule has 0 aromatic carbocycles. The summed E-state index contributed by atoms with van der Waals surface area (Å²) in [5, 5.41) is 3.48. The molecule has 0 radical (unpaired) electrons. The Morgan fingerprint density at radius 1 is 1.39 bits per heavy atom. The molecule has 1 unspecified atom stereocenters. The van der Waals surface area contributed by atoms with Crippen LogP contribution in [0.25, 0.3) is 0 Å². The Morgan fingerprint density at radius 3 is 2.94 bits per heavy atom. The van der Waals surface area contributed by atoms with Crippen LogP contribution in [0.2, 0.25) is 0 Å². The van der Waals surface area contributed by atoms with Crippen molar-refractivity contribution in [1.29, 1.82) is 0 Å². The minimum absolute atomic E-state index is 0.355. The lowest BCUT2D eigenvalue weighted by molar-refractivity contribution is -0.0252. The van der Waals surface area contributed by atoms with Crippen LogP contribution in [0.1, 0.15) is 33.6 Å². The fourth-order valence-corrected chi connectivity index (χ4v) is 2.13. The molecule has 1 atom stereocenters.